The maximum absolute atomic E-state index is 13.1. The highest BCUT2D eigenvalue weighted by Gasteiger charge is 2.14. The Balaban J connectivity index is 2.60. The van der Waals surface area contributed by atoms with Gasteiger partial charge in [-0.15, -0.1) is 0 Å². The van der Waals surface area contributed by atoms with Gasteiger partial charge in [-0.1, -0.05) is 6.07 Å². The van der Waals surface area contributed by atoms with Gasteiger partial charge in [-0.05, 0) is 51.7 Å². The molecule has 18 heavy (non-hydrogen) atoms. The number of methoxy groups -OCH3 is 1. The largest absolute Gasteiger partial charge is 0.506 e. The molecule has 0 atom stereocenters. The average Bonchev–Trinajstić information content (AvgIpc) is 2.36. The minimum absolute atomic E-state index is 0.00787. The summed E-state index contributed by atoms with van der Waals surface area (Å²) in [6, 6.07) is 5.92. The number of carbonyl (C=O) groups excluding carboxylic acids is 1. The summed E-state index contributed by atoms with van der Waals surface area (Å²) in [7, 11) is 1.31. The van der Waals surface area contributed by atoms with Gasteiger partial charge in [0.25, 0.3) is 0 Å². The number of carbonyl (C=O) groups is 1. The molecule has 2 aromatic carbocycles. The zero-order valence-corrected chi connectivity index (χ0v) is 11.7. The fourth-order valence-electron chi connectivity index (χ4n) is 1.74. The molecule has 0 aliphatic heterocycles. The van der Waals surface area contributed by atoms with Gasteiger partial charge in [0, 0.05) is 5.39 Å². The second-order valence-corrected chi connectivity index (χ2v) is 4.90. The first-order valence-electron chi connectivity index (χ1n) is 5.19. The predicted octanol–water partition coefficient (Wildman–Crippen LogP) is 3.00. The number of aromatic hydroxyl groups is 1. The lowest BCUT2D eigenvalue weighted by molar-refractivity contribution is -0.139. The summed E-state index contributed by atoms with van der Waals surface area (Å²) in [6.07, 6.45) is 0.0790. The number of fused-ring (bicyclic) bond motifs is 1. The molecule has 0 fully saturated rings. The van der Waals surface area contributed by atoms with Gasteiger partial charge in [-0.2, -0.15) is 0 Å². The van der Waals surface area contributed by atoms with Crippen LogP contribution in [0.25, 0.3) is 10.8 Å². The molecule has 0 aromatic heterocycles. The first kappa shape index (κ1) is 13.1. The highest BCUT2D eigenvalue weighted by molar-refractivity contribution is 14.1. The lowest BCUT2D eigenvalue weighted by atomic mass is 10.0. The third-order valence-electron chi connectivity index (χ3n) is 2.65. The van der Waals surface area contributed by atoms with E-state index in [4.69, 9.17) is 0 Å². The van der Waals surface area contributed by atoms with Gasteiger partial charge in [-0.3, -0.25) is 4.79 Å². The standard InChI is InChI=1S/C13H10FIO3/c1-18-11(16)5-8-4-7-2-3-9(14)6-10(7)13(17)12(8)15/h2-4,6,17H,5H2,1H3. The van der Waals surface area contributed by atoms with E-state index in [-0.39, 0.29) is 18.1 Å². The van der Waals surface area contributed by atoms with Crippen molar-refractivity contribution in [2.24, 2.45) is 0 Å². The van der Waals surface area contributed by atoms with Crippen LogP contribution in [0.3, 0.4) is 0 Å². The summed E-state index contributed by atoms with van der Waals surface area (Å²) in [5.74, 6) is -0.797. The van der Waals surface area contributed by atoms with Gasteiger partial charge >= 0.3 is 5.97 Å². The smallest absolute Gasteiger partial charge is 0.310 e. The van der Waals surface area contributed by atoms with E-state index in [1.807, 2.05) is 22.6 Å². The van der Waals surface area contributed by atoms with Crippen LogP contribution in [0, 0.1) is 9.39 Å². The topological polar surface area (TPSA) is 46.5 Å². The van der Waals surface area contributed by atoms with Crippen LogP contribution in [0.1, 0.15) is 5.56 Å². The molecule has 0 aliphatic rings. The SMILES string of the molecule is COC(=O)Cc1cc2ccc(F)cc2c(O)c1I. The minimum Gasteiger partial charge on any atom is -0.506 e. The normalized spacial score (nSPS) is 10.6. The van der Waals surface area contributed by atoms with E-state index in [1.54, 1.807) is 12.1 Å². The molecule has 0 unspecified atom stereocenters. The number of phenols is 1. The molecule has 0 saturated heterocycles. The predicted molar refractivity (Wildman–Crippen MR) is 74.0 cm³/mol. The lowest BCUT2D eigenvalue weighted by Crippen LogP contribution is -2.06. The number of phenolic OH excluding ortho intramolecular Hbond substituents is 1. The van der Waals surface area contributed by atoms with Crippen molar-refractivity contribution in [2.45, 2.75) is 6.42 Å². The Labute approximate surface area is 117 Å². The Morgan fingerprint density at radius 1 is 1.44 bits per heavy atom. The average molecular weight is 360 g/mol. The van der Waals surface area contributed by atoms with Gasteiger partial charge in [0.2, 0.25) is 0 Å². The summed E-state index contributed by atoms with van der Waals surface area (Å²) in [5, 5.41) is 11.1. The highest BCUT2D eigenvalue weighted by Crippen LogP contribution is 2.33. The molecule has 0 amide bonds. The lowest BCUT2D eigenvalue weighted by Gasteiger charge is -2.09. The quantitative estimate of drug-likeness (QED) is 0.662. The third kappa shape index (κ3) is 2.40. The number of hydrogen-bond donors (Lipinski definition) is 1. The second kappa shape index (κ2) is 5.09. The zero-order chi connectivity index (χ0) is 13.3. The molecule has 2 aromatic rings. The Morgan fingerprint density at radius 3 is 2.83 bits per heavy atom. The molecule has 1 N–H and O–H groups in total. The monoisotopic (exact) mass is 360 g/mol. The molecular weight excluding hydrogens is 350 g/mol. The van der Waals surface area contributed by atoms with Crippen LogP contribution in [0.5, 0.6) is 5.75 Å². The van der Waals surface area contributed by atoms with E-state index in [2.05, 4.69) is 4.74 Å². The fraction of sp³-hybridized carbons (Fsp3) is 0.154. The molecule has 3 nitrogen and oxygen atoms in total. The van der Waals surface area contributed by atoms with Crippen molar-refractivity contribution in [2.75, 3.05) is 7.11 Å². The fourth-order valence-corrected chi connectivity index (χ4v) is 2.37. The Bertz CT molecular complexity index is 625. The molecule has 0 radical (unpaired) electrons. The number of rotatable bonds is 2. The van der Waals surface area contributed by atoms with Crippen LogP contribution in [-0.2, 0) is 16.0 Å². The van der Waals surface area contributed by atoms with E-state index in [1.165, 1.54) is 19.2 Å². The van der Waals surface area contributed by atoms with Gasteiger partial charge in [0.15, 0.2) is 0 Å². The summed E-state index contributed by atoms with van der Waals surface area (Å²) in [4.78, 5) is 11.3. The van der Waals surface area contributed by atoms with Crippen LogP contribution in [0.2, 0.25) is 0 Å². The second-order valence-electron chi connectivity index (χ2n) is 3.82. The number of ether oxygens (including phenoxy) is 1. The van der Waals surface area contributed by atoms with E-state index in [0.29, 0.717) is 19.9 Å². The molecule has 0 heterocycles. The van der Waals surface area contributed by atoms with Crippen LogP contribution in [0.15, 0.2) is 24.3 Å². The summed E-state index contributed by atoms with van der Waals surface area (Å²) < 4.78 is 18.3. The highest BCUT2D eigenvalue weighted by atomic mass is 127. The molecule has 0 spiro atoms. The van der Waals surface area contributed by atoms with Gasteiger partial charge < -0.3 is 9.84 Å². The first-order chi connectivity index (χ1) is 8.52. The Kier molecular flexibility index (Phi) is 3.70. The number of halogens is 2. The van der Waals surface area contributed by atoms with E-state index in [0.717, 1.165) is 0 Å². The molecule has 0 saturated carbocycles. The van der Waals surface area contributed by atoms with Gasteiger partial charge in [0.05, 0.1) is 17.1 Å². The minimum atomic E-state index is -0.408. The Morgan fingerprint density at radius 2 is 2.17 bits per heavy atom. The summed E-state index contributed by atoms with van der Waals surface area (Å²) >= 11 is 1.93. The molecule has 0 bridgehead atoms. The van der Waals surface area contributed by atoms with Gasteiger partial charge in [0.1, 0.15) is 11.6 Å². The maximum atomic E-state index is 13.1. The molecule has 0 aliphatic carbocycles. The molecular formula is C13H10FIO3. The van der Waals surface area contributed by atoms with Crippen molar-refractivity contribution in [1.82, 2.24) is 0 Å². The number of benzene rings is 2. The third-order valence-corrected chi connectivity index (χ3v) is 3.86. The maximum Gasteiger partial charge on any atom is 0.310 e. The number of hydrogen-bond acceptors (Lipinski definition) is 3. The van der Waals surface area contributed by atoms with Crippen LogP contribution < -0.4 is 0 Å². The zero-order valence-electron chi connectivity index (χ0n) is 9.54. The first-order valence-corrected chi connectivity index (χ1v) is 6.27. The van der Waals surface area contributed by atoms with Crippen molar-refractivity contribution < 1.29 is 19.0 Å². The van der Waals surface area contributed by atoms with Crippen molar-refractivity contribution >= 4 is 39.3 Å². The van der Waals surface area contributed by atoms with E-state index >= 15 is 0 Å². The van der Waals surface area contributed by atoms with E-state index in [9.17, 15) is 14.3 Å². The van der Waals surface area contributed by atoms with Crippen molar-refractivity contribution in [3.05, 3.63) is 39.2 Å². The molecule has 2 rings (SSSR count). The van der Waals surface area contributed by atoms with Crippen molar-refractivity contribution in [3.8, 4) is 5.75 Å². The molecule has 5 heteroatoms. The van der Waals surface area contributed by atoms with Crippen molar-refractivity contribution in [3.63, 3.8) is 0 Å². The summed E-state index contributed by atoms with van der Waals surface area (Å²) in [6.45, 7) is 0. The van der Waals surface area contributed by atoms with Crippen LogP contribution in [-0.4, -0.2) is 18.2 Å². The Hall–Kier alpha value is -1.37. The van der Waals surface area contributed by atoms with Gasteiger partial charge in [-0.25, -0.2) is 4.39 Å². The van der Waals surface area contributed by atoms with Crippen molar-refractivity contribution in [1.29, 1.82) is 0 Å². The molecule has 94 valence electrons. The van der Waals surface area contributed by atoms with Crippen LogP contribution in [0.4, 0.5) is 4.39 Å². The summed E-state index contributed by atoms with van der Waals surface area (Å²) in [5.41, 5.74) is 0.666. The number of esters is 1. The van der Waals surface area contributed by atoms with Crippen LogP contribution >= 0.6 is 22.6 Å². The van der Waals surface area contributed by atoms with E-state index < -0.39 is 5.82 Å².